The van der Waals surface area contributed by atoms with Gasteiger partial charge in [-0.25, -0.2) is 0 Å². The van der Waals surface area contributed by atoms with Crippen molar-refractivity contribution in [3.05, 3.63) is 81.9 Å². The van der Waals surface area contributed by atoms with E-state index in [1.54, 1.807) is 24.1 Å². The largest absolute Gasteiger partial charge is 0.480 e. The number of rotatable bonds is 6. The Balaban J connectivity index is 2.30. The van der Waals surface area contributed by atoms with Crippen LogP contribution >= 0.6 is 0 Å². The van der Waals surface area contributed by atoms with Crippen molar-refractivity contribution in [2.24, 2.45) is 0 Å². The molecule has 6 heteroatoms. The SMILES string of the molecule is CN(CC=C(C#Cc1cccc([N+](=O)[O-])c1)c1ccccc1)CC(=O)O. The van der Waals surface area contributed by atoms with E-state index in [1.165, 1.54) is 12.1 Å². The number of carboxylic acids is 1. The Morgan fingerprint density at radius 3 is 2.62 bits per heavy atom. The Morgan fingerprint density at radius 2 is 1.96 bits per heavy atom. The second-order valence-corrected chi connectivity index (χ2v) is 5.63. The molecule has 1 N–H and O–H groups in total. The van der Waals surface area contributed by atoms with Crippen LogP contribution in [-0.4, -0.2) is 41.0 Å². The number of nitrogens with zero attached hydrogens (tertiary/aromatic N) is 2. The second kappa shape index (κ2) is 9.16. The van der Waals surface area contributed by atoms with Crippen LogP contribution in [0.25, 0.3) is 5.57 Å². The van der Waals surface area contributed by atoms with Crippen LogP contribution in [0.4, 0.5) is 5.69 Å². The van der Waals surface area contributed by atoms with E-state index in [0.717, 1.165) is 11.1 Å². The van der Waals surface area contributed by atoms with Crippen LogP contribution in [0, 0.1) is 22.0 Å². The minimum atomic E-state index is -0.898. The molecular weight excluding hydrogens is 332 g/mol. The fourth-order valence-corrected chi connectivity index (χ4v) is 2.24. The van der Waals surface area contributed by atoms with Crippen molar-refractivity contribution < 1.29 is 14.8 Å². The summed E-state index contributed by atoms with van der Waals surface area (Å²) < 4.78 is 0. The van der Waals surface area contributed by atoms with Gasteiger partial charge in [-0.3, -0.25) is 19.8 Å². The number of non-ortho nitro benzene ring substituents is 1. The van der Waals surface area contributed by atoms with E-state index in [1.807, 2.05) is 36.4 Å². The van der Waals surface area contributed by atoms with E-state index >= 15 is 0 Å². The molecule has 0 saturated heterocycles. The Bertz CT molecular complexity index is 879. The molecule has 0 aliphatic rings. The van der Waals surface area contributed by atoms with E-state index in [0.29, 0.717) is 12.1 Å². The summed E-state index contributed by atoms with van der Waals surface area (Å²) in [7, 11) is 1.71. The second-order valence-electron chi connectivity index (χ2n) is 5.63. The van der Waals surface area contributed by atoms with Crippen LogP contribution in [0.5, 0.6) is 0 Å². The average molecular weight is 350 g/mol. The van der Waals surface area contributed by atoms with Crippen molar-refractivity contribution in [2.75, 3.05) is 20.1 Å². The predicted molar refractivity (Wildman–Crippen MR) is 99.5 cm³/mol. The third-order valence-corrected chi connectivity index (χ3v) is 3.50. The van der Waals surface area contributed by atoms with Gasteiger partial charge in [0.05, 0.1) is 11.5 Å². The van der Waals surface area contributed by atoms with Crippen molar-refractivity contribution in [2.45, 2.75) is 0 Å². The standard InChI is InChI=1S/C20H18N2O4/c1-21(15-20(23)24)13-12-18(17-7-3-2-4-8-17)11-10-16-6-5-9-19(14-16)22(25)26/h2-9,12,14H,13,15H2,1H3,(H,23,24). The normalized spacial score (nSPS) is 10.9. The molecule has 2 aromatic carbocycles. The predicted octanol–water partition coefficient (Wildman–Crippen LogP) is 3.05. The highest BCUT2D eigenvalue weighted by atomic mass is 16.6. The highest BCUT2D eigenvalue weighted by Crippen LogP contribution is 2.15. The highest BCUT2D eigenvalue weighted by molar-refractivity contribution is 5.79. The lowest BCUT2D eigenvalue weighted by Gasteiger charge is -2.11. The monoisotopic (exact) mass is 350 g/mol. The number of carbonyl (C=O) groups is 1. The van der Waals surface area contributed by atoms with E-state index < -0.39 is 10.9 Å². The number of nitro groups is 1. The first-order chi connectivity index (χ1) is 12.5. The van der Waals surface area contributed by atoms with Gasteiger partial charge in [0.15, 0.2) is 0 Å². The molecule has 0 aliphatic carbocycles. The molecule has 2 aromatic rings. The molecule has 0 bridgehead atoms. The third-order valence-electron chi connectivity index (χ3n) is 3.50. The maximum absolute atomic E-state index is 10.9. The van der Waals surface area contributed by atoms with Crippen molar-refractivity contribution >= 4 is 17.2 Å². The zero-order valence-electron chi connectivity index (χ0n) is 14.3. The Hall–Kier alpha value is -3.43. The molecule has 0 saturated carbocycles. The number of carboxylic acid groups (broad SMARTS) is 1. The first kappa shape index (κ1) is 18.9. The molecule has 0 spiro atoms. The van der Waals surface area contributed by atoms with E-state index in [4.69, 9.17) is 5.11 Å². The van der Waals surface area contributed by atoms with E-state index in [9.17, 15) is 14.9 Å². The molecule has 0 heterocycles. The van der Waals surface area contributed by atoms with Crippen molar-refractivity contribution in [1.29, 1.82) is 0 Å². The van der Waals surface area contributed by atoms with E-state index in [2.05, 4.69) is 11.8 Å². The summed E-state index contributed by atoms with van der Waals surface area (Å²) in [5, 5.41) is 19.7. The molecular formula is C20H18N2O4. The van der Waals surface area contributed by atoms with Gasteiger partial charge in [-0.05, 0) is 18.7 Å². The molecule has 6 nitrogen and oxygen atoms in total. The van der Waals surface area contributed by atoms with Crippen LogP contribution in [-0.2, 0) is 4.79 Å². The molecule has 132 valence electrons. The maximum Gasteiger partial charge on any atom is 0.317 e. The highest BCUT2D eigenvalue weighted by Gasteiger charge is 2.05. The summed E-state index contributed by atoms with van der Waals surface area (Å²) >= 11 is 0. The molecule has 0 radical (unpaired) electrons. The van der Waals surface area contributed by atoms with E-state index in [-0.39, 0.29) is 12.2 Å². The summed E-state index contributed by atoms with van der Waals surface area (Å²) in [4.78, 5) is 22.8. The number of benzene rings is 2. The maximum atomic E-state index is 10.9. The van der Waals surface area contributed by atoms with Crippen LogP contribution in [0.2, 0.25) is 0 Å². The Labute approximate surface area is 151 Å². The van der Waals surface area contributed by atoms with Crippen LogP contribution < -0.4 is 0 Å². The summed E-state index contributed by atoms with van der Waals surface area (Å²) in [6.07, 6.45) is 1.85. The average Bonchev–Trinajstić information content (AvgIpc) is 2.62. The fraction of sp³-hybridized carbons (Fsp3) is 0.150. The number of aliphatic carboxylic acids is 1. The lowest BCUT2D eigenvalue weighted by molar-refractivity contribution is -0.384. The van der Waals surface area contributed by atoms with Crippen LogP contribution in [0.1, 0.15) is 11.1 Å². The smallest absolute Gasteiger partial charge is 0.317 e. The fourth-order valence-electron chi connectivity index (χ4n) is 2.24. The van der Waals surface area contributed by atoms with Gasteiger partial charge >= 0.3 is 5.97 Å². The van der Waals surface area contributed by atoms with Crippen molar-refractivity contribution in [1.82, 2.24) is 4.90 Å². The van der Waals surface area contributed by atoms with Gasteiger partial charge in [0.2, 0.25) is 0 Å². The first-order valence-electron chi connectivity index (χ1n) is 7.88. The van der Waals surface area contributed by atoms with Gasteiger partial charge in [0.1, 0.15) is 0 Å². The number of allylic oxidation sites excluding steroid dienone is 1. The lowest BCUT2D eigenvalue weighted by atomic mass is 10.1. The number of nitro benzene ring substituents is 1. The zero-order chi connectivity index (χ0) is 18.9. The van der Waals surface area contributed by atoms with Gasteiger partial charge in [-0.2, -0.15) is 0 Å². The van der Waals surface area contributed by atoms with Gasteiger partial charge in [0.25, 0.3) is 5.69 Å². The molecule has 26 heavy (non-hydrogen) atoms. The molecule has 0 fully saturated rings. The first-order valence-corrected chi connectivity index (χ1v) is 7.88. The molecule has 0 aromatic heterocycles. The Morgan fingerprint density at radius 1 is 1.23 bits per heavy atom. The van der Waals surface area contributed by atoms with Crippen LogP contribution in [0.3, 0.4) is 0 Å². The van der Waals surface area contributed by atoms with Gasteiger partial charge in [-0.15, -0.1) is 0 Å². The topological polar surface area (TPSA) is 83.7 Å². The number of likely N-dealkylation sites (N-methyl/N-ethyl adjacent to an activating group) is 1. The Kier molecular flexibility index (Phi) is 6.66. The summed E-state index contributed by atoms with van der Waals surface area (Å²) in [6.45, 7) is 0.344. The third kappa shape index (κ3) is 5.89. The summed E-state index contributed by atoms with van der Waals surface area (Å²) in [5.74, 6) is 5.09. The molecule has 0 aliphatic heterocycles. The van der Waals surface area contributed by atoms with Gasteiger partial charge < -0.3 is 5.11 Å². The van der Waals surface area contributed by atoms with Crippen molar-refractivity contribution in [3.8, 4) is 11.8 Å². The summed E-state index contributed by atoms with van der Waals surface area (Å²) in [5.41, 5.74) is 2.16. The molecule has 0 unspecified atom stereocenters. The summed E-state index contributed by atoms with van der Waals surface area (Å²) in [6, 6.07) is 15.6. The zero-order valence-corrected chi connectivity index (χ0v) is 14.3. The lowest BCUT2D eigenvalue weighted by Crippen LogP contribution is -2.25. The number of hydrogen-bond donors (Lipinski definition) is 1. The molecule has 2 rings (SSSR count). The van der Waals surface area contributed by atoms with Crippen LogP contribution in [0.15, 0.2) is 60.7 Å². The van der Waals surface area contributed by atoms with Gasteiger partial charge in [-0.1, -0.05) is 54.3 Å². The van der Waals surface area contributed by atoms with Crippen molar-refractivity contribution in [3.63, 3.8) is 0 Å². The van der Waals surface area contributed by atoms with Gasteiger partial charge in [0, 0.05) is 29.8 Å². The quantitative estimate of drug-likeness (QED) is 0.492. The minimum absolute atomic E-state index is 0.0109. The molecule has 0 atom stereocenters. The minimum Gasteiger partial charge on any atom is -0.480 e. The number of hydrogen-bond acceptors (Lipinski definition) is 4. The molecule has 0 amide bonds.